The van der Waals surface area contributed by atoms with Gasteiger partial charge in [-0.3, -0.25) is 0 Å². The fourth-order valence-electron chi connectivity index (χ4n) is 7.99. The lowest BCUT2D eigenvalue weighted by Gasteiger charge is -2.10. The van der Waals surface area contributed by atoms with Gasteiger partial charge in [0, 0.05) is 73.4 Å². The van der Waals surface area contributed by atoms with E-state index in [4.69, 9.17) is 8.22 Å². The van der Waals surface area contributed by atoms with Crippen LogP contribution in [0.2, 0.25) is 0 Å². The number of hydrogen-bond donors (Lipinski definition) is 0. The molecule has 0 fully saturated rings. The van der Waals surface area contributed by atoms with Crippen LogP contribution in [0.1, 0.15) is 75.0 Å². The molecule has 4 aromatic heterocycles. The molecule has 0 N–H and O–H groups in total. The summed E-state index contributed by atoms with van der Waals surface area (Å²) in [5.41, 5.74) is 22.0. The predicted molar refractivity (Wildman–Crippen MR) is 269 cm³/mol. The molecule has 0 unspecified atom stereocenters. The van der Waals surface area contributed by atoms with Crippen molar-refractivity contribution in [2.24, 2.45) is 28.2 Å². The second-order valence-electron chi connectivity index (χ2n) is 17.2. The van der Waals surface area contributed by atoms with Crippen LogP contribution in [-0.2, 0) is 28.2 Å². The number of rotatable bonds is 4. The molecular weight excluding hydrogens is 777 g/mol. The van der Waals surface area contributed by atoms with E-state index in [0.29, 0.717) is 11.1 Å². The number of hydrogen-bond acceptors (Lipinski definition) is 0. The van der Waals surface area contributed by atoms with Crippen LogP contribution in [0.5, 0.6) is 0 Å². The molecule has 0 amide bonds. The van der Waals surface area contributed by atoms with Gasteiger partial charge < -0.3 is 0 Å². The summed E-state index contributed by atoms with van der Waals surface area (Å²) in [6.07, 6.45) is 8.13. The minimum atomic E-state index is -2.07. The van der Waals surface area contributed by atoms with Crippen LogP contribution in [0.15, 0.2) is 146 Å². The number of nitrogens with zero attached hydrogens (tertiary/aromatic N) is 4. The highest BCUT2D eigenvalue weighted by molar-refractivity contribution is 5.67. The molecule has 0 aliphatic heterocycles. The molecule has 0 aliphatic rings. The maximum Gasteiger partial charge on any atom is 0.212 e. The summed E-state index contributed by atoms with van der Waals surface area (Å²) in [7, 11) is 8.13. The Hall–Kier alpha value is -6.52. The van der Waals surface area contributed by atoms with Gasteiger partial charge in [0.05, 0.1) is 5.56 Å². The fourth-order valence-corrected chi connectivity index (χ4v) is 7.99. The summed E-state index contributed by atoms with van der Waals surface area (Å²) < 4.78 is 54.0. The zero-order valence-corrected chi connectivity index (χ0v) is 40.6. The smallest absolute Gasteiger partial charge is 0.201 e. The van der Waals surface area contributed by atoms with Crippen molar-refractivity contribution < 1.29 is 26.5 Å². The van der Waals surface area contributed by atoms with Gasteiger partial charge in [0.15, 0.2) is 24.8 Å². The Morgan fingerprint density at radius 2 is 0.703 bits per heavy atom. The molecule has 0 saturated carbocycles. The normalized spacial score (nSPS) is 12.3. The van der Waals surface area contributed by atoms with E-state index in [0.717, 1.165) is 44.8 Å². The number of aromatic nitrogens is 4. The first kappa shape index (κ1) is 40.3. The molecule has 0 spiro atoms. The molecule has 64 heavy (non-hydrogen) atoms. The Morgan fingerprint density at radius 3 is 1.16 bits per heavy atom. The third-order valence-electron chi connectivity index (χ3n) is 12.2. The van der Waals surface area contributed by atoms with Crippen molar-refractivity contribution >= 4 is 0 Å². The van der Waals surface area contributed by atoms with Crippen molar-refractivity contribution in [1.29, 1.82) is 0 Å². The predicted octanol–water partition coefficient (Wildman–Crippen LogP) is 12.4. The van der Waals surface area contributed by atoms with E-state index in [1.807, 2.05) is 112 Å². The zero-order chi connectivity index (χ0) is 51.8. The molecule has 8 aromatic rings. The van der Waals surface area contributed by atoms with Gasteiger partial charge in [-0.25, -0.2) is 18.3 Å². The second-order valence-corrected chi connectivity index (χ2v) is 17.2. The van der Waals surface area contributed by atoms with E-state index in [1.165, 1.54) is 55.9 Å². The Kier molecular flexibility index (Phi) is 13.7. The standard InChI is InChI=1S/4C15H18N/c1-11-8-9-12(2)15(13(11)3)14-7-5-6-10-16(14)4;2*1-11-9-13(3)14(10-12(11)2)15-7-5-6-8-16(15)4;1-11-9-12(2)13(3)14(10-11)15-7-5-6-8-16(15)4/h4*5-10H,1-4H3/q4*+1/i;1D3;;2D3. The van der Waals surface area contributed by atoms with Crippen LogP contribution >= 0.6 is 0 Å². The van der Waals surface area contributed by atoms with Crippen LogP contribution in [0, 0.1) is 82.9 Å². The minimum absolute atomic E-state index is 0.436. The van der Waals surface area contributed by atoms with E-state index in [9.17, 15) is 0 Å². The summed E-state index contributed by atoms with van der Waals surface area (Å²) in [5, 5.41) is 0. The molecule has 0 aliphatic carbocycles. The molecule has 0 saturated heterocycles. The second kappa shape index (κ2) is 21.7. The Bertz CT molecular complexity index is 3130. The first-order valence-corrected chi connectivity index (χ1v) is 22.0. The lowest BCUT2D eigenvalue weighted by molar-refractivity contribution is -0.660. The lowest BCUT2D eigenvalue weighted by Crippen LogP contribution is -2.30. The largest absolute Gasteiger partial charge is 0.212 e. The average Bonchev–Trinajstić information content (AvgIpc) is 3.29. The topological polar surface area (TPSA) is 15.5 Å². The van der Waals surface area contributed by atoms with Crippen LogP contribution in [-0.4, -0.2) is 0 Å². The van der Waals surface area contributed by atoms with Gasteiger partial charge in [0.1, 0.15) is 28.2 Å². The fraction of sp³-hybridized carbons (Fsp3) is 0.267. The molecule has 4 nitrogen and oxygen atoms in total. The summed E-state index contributed by atoms with van der Waals surface area (Å²) >= 11 is 0. The van der Waals surface area contributed by atoms with Crippen molar-refractivity contribution in [3.05, 3.63) is 213 Å². The molecule has 0 atom stereocenters. The molecule has 4 heteroatoms. The Morgan fingerprint density at radius 1 is 0.312 bits per heavy atom. The summed E-state index contributed by atoms with van der Waals surface area (Å²) in [6, 6.07) is 41.0. The van der Waals surface area contributed by atoms with E-state index in [-0.39, 0.29) is 0 Å². The highest BCUT2D eigenvalue weighted by atomic mass is 14.9. The molecule has 4 heterocycles. The minimum Gasteiger partial charge on any atom is -0.201 e. The van der Waals surface area contributed by atoms with Gasteiger partial charge in [-0.2, -0.15) is 0 Å². The lowest BCUT2D eigenvalue weighted by atomic mass is 9.95. The number of pyridine rings is 4. The highest BCUT2D eigenvalue weighted by Gasteiger charge is 2.17. The molecule has 0 bridgehead atoms. The number of benzene rings is 4. The van der Waals surface area contributed by atoms with Gasteiger partial charge in [-0.15, -0.1) is 0 Å². The van der Waals surface area contributed by atoms with Crippen molar-refractivity contribution in [3.63, 3.8) is 0 Å². The summed E-state index contributed by atoms with van der Waals surface area (Å²) in [6.45, 7) is 16.5. The first-order valence-electron chi connectivity index (χ1n) is 25.0. The van der Waals surface area contributed by atoms with Gasteiger partial charge in [-0.1, -0.05) is 35.9 Å². The molecule has 8 rings (SSSR count). The SMILES string of the molecule is Cc1cc(C)c(-c2cccc[n+]2C)cc1C.Cc1ccc(C)c(-c2cccc[n+]2C)c1C.[2H]C([2H])([2H])c1cc(C)c(-c2cccc[n+]2C)cc1C.[2H]C([2H])([2H])c1cc(C)cc(-c2cccc[n+]2C)c1C. The number of aryl methyl sites for hydroxylation is 14. The van der Waals surface area contributed by atoms with Crippen LogP contribution in [0.4, 0.5) is 0 Å². The first-order chi connectivity index (χ1) is 32.8. The van der Waals surface area contributed by atoms with Crippen LogP contribution < -0.4 is 18.3 Å². The maximum atomic E-state index is 7.65. The molecule has 328 valence electrons. The van der Waals surface area contributed by atoms with Crippen LogP contribution in [0.25, 0.3) is 45.0 Å². The Balaban J connectivity index is 0.000000174. The van der Waals surface area contributed by atoms with E-state index in [2.05, 4.69) is 138 Å². The molecular formula is C60H72N4+4. The van der Waals surface area contributed by atoms with Crippen molar-refractivity contribution in [2.75, 3.05) is 0 Å². The van der Waals surface area contributed by atoms with E-state index in [1.54, 1.807) is 12.1 Å². The zero-order valence-electron chi connectivity index (χ0n) is 46.6. The monoisotopic (exact) mass is 855 g/mol. The molecule has 4 aromatic carbocycles. The van der Waals surface area contributed by atoms with E-state index < -0.39 is 13.7 Å². The van der Waals surface area contributed by atoms with Crippen molar-refractivity contribution in [2.45, 2.75) is 82.9 Å². The van der Waals surface area contributed by atoms with Gasteiger partial charge >= 0.3 is 0 Å². The van der Waals surface area contributed by atoms with Gasteiger partial charge in [0.2, 0.25) is 22.8 Å². The summed E-state index contributed by atoms with van der Waals surface area (Å²) in [4.78, 5) is 0. The third kappa shape index (κ3) is 11.7. The van der Waals surface area contributed by atoms with Crippen molar-refractivity contribution in [1.82, 2.24) is 0 Å². The maximum absolute atomic E-state index is 7.65. The Labute approximate surface area is 394 Å². The third-order valence-corrected chi connectivity index (χ3v) is 12.2. The van der Waals surface area contributed by atoms with Crippen molar-refractivity contribution in [3.8, 4) is 45.0 Å². The average molecular weight is 855 g/mol. The van der Waals surface area contributed by atoms with Gasteiger partial charge in [0.25, 0.3) is 0 Å². The quantitative estimate of drug-likeness (QED) is 0.157. The summed E-state index contributed by atoms with van der Waals surface area (Å²) in [5.74, 6) is 0. The molecule has 0 radical (unpaired) electrons. The highest BCUT2D eigenvalue weighted by Crippen LogP contribution is 2.28. The van der Waals surface area contributed by atoms with Crippen LogP contribution in [0.3, 0.4) is 0 Å². The van der Waals surface area contributed by atoms with E-state index >= 15 is 0 Å². The van der Waals surface area contributed by atoms with Gasteiger partial charge in [-0.05, 0) is 187 Å².